The van der Waals surface area contributed by atoms with E-state index in [0.717, 1.165) is 6.07 Å². The maximum absolute atomic E-state index is 13.2. The van der Waals surface area contributed by atoms with Crippen molar-refractivity contribution in [1.29, 1.82) is 0 Å². The SMILES string of the molecule is CC(C)CNC(=O)CS(=O)c1ccc(N)c(F)c1. The predicted molar refractivity (Wildman–Crippen MR) is 69.9 cm³/mol. The first-order valence-corrected chi connectivity index (χ1v) is 6.92. The Kier molecular flexibility index (Phi) is 5.27. The van der Waals surface area contributed by atoms with E-state index in [2.05, 4.69) is 5.32 Å². The van der Waals surface area contributed by atoms with Crippen LogP contribution in [0, 0.1) is 11.7 Å². The molecule has 1 aromatic carbocycles. The third-order valence-corrected chi connectivity index (χ3v) is 3.51. The Morgan fingerprint density at radius 1 is 1.50 bits per heavy atom. The molecule has 6 heteroatoms. The van der Waals surface area contributed by atoms with Crippen LogP contribution in [0.4, 0.5) is 10.1 Å². The second-order valence-electron chi connectivity index (χ2n) is 4.37. The first-order valence-electron chi connectivity index (χ1n) is 5.60. The Labute approximate surface area is 108 Å². The number of hydrogen-bond donors (Lipinski definition) is 2. The number of nitrogens with one attached hydrogen (secondary N) is 1. The number of rotatable bonds is 5. The molecule has 0 aliphatic carbocycles. The van der Waals surface area contributed by atoms with E-state index in [9.17, 15) is 13.4 Å². The third kappa shape index (κ3) is 4.44. The van der Waals surface area contributed by atoms with Crippen molar-refractivity contribution in [3.05, 3.63) is 24.0 Å². The predicted octanol–water partition coefficient (Wildman–Crippen LogP) is 1.29. The second kappa shape index (κ2) is 6.49. The number of benzene rings is 1. The average molecular weight is 272 g/mol. The molecule has 0 saturated carbocycles. The van der Waals surface area contributed by atoms with Gasteiger partial charge in [-0.05, 0) is 24.1 Å². The first-order chi connectivity index (χ1) is 8.40. The molecule has 0 spiro atoms. The summed E-state index contributed by atoms with van der Waals surface area (Å²) in [6.07, 6.45) is 0. The molecule has 0 aromatic heterocycles. The third-order valence-electron chi connectivity index (χ3n) is 2.20. The van der Waals surface area contributed by atoms with Gasteiger partial charge in [0.25, 0.3) is 0 Å². The largest absolute Gasteiger partial charge is 0.396 e. The summed E-state index contributed by atoms with van der Waals surface area (Å²) < 4.78 is 25.0. The van der Waals surface area contributed by atoms with Crippen molar-refractivity contribution in [3.63, 3.8) is 0 Å². The lowest BCUT2D eigenvalue weighted by molar-refractivity contribution is -0.118. The Bertz CT molecular complexity index is 463. The molecular formula is C12H17FN2O2S. The molecule has 0 aliphatic rings. The number of carbonyl (C=O) groups excluding carboxylic acids is 1. The highest BCUT2D eigenvalue weighted by atomic mass is 32.2. The van der Waals surface area contributed by atoms with Gasteiger partial charge < -0.3 is 11.1 Å². The topological polar surface area (TPSA) is 72.2 Å². The standard InChI is InChI=1S/C12H17FN2O2S/c1-8(2)6-15-12(16)7-18(17)9-3-4-11(14)10(13)5-9/h3-5,8H,6-7,14H2,1-2H3,(H,15,16). The van der Waals surface area contributed by atoms with Gasteiger partial charge in [0.05, 0.1) is 16.5 Å². The summed E-state index contributed by atoms with van der Waals surface area (Å²) in [5, 5.41) is 2.66. The molecular weight excluding hydrogens is 255 g/mol. The molecule has 0 radical (unpaired) electrons. The molecule has 0 fully saturated rings. The molecule has 0 bridgehead atoms. The quantitative estimate of drug-likeness (QED) is 0.793. The summed E-state index contributed by atoms with van der Waals surface area (Å²) >= 11 is 0. The van der Waals surface area contributed by atoms with Crippen LogP contribution < -0.4 is 11.1 Å². The lowest BCUT2D eigenvalue weighted by Gasteiger charge is -2.07. The fourth-order valence-corrected chi connectivity index (χ4v) is 2.18. The van der Waals surface area contributed by atoms with Gasteiger partial charge in [0.2, 0.25) is 5.91 Å². The fraction of sp³-hybridized carbons (Fsp3) is 0.417. The minimum absolute atomic E-state index is 0.00000862. The van der Waals surface area contributed by atoms with E-state index in [1.807, 2.05) is 13.8 Å². The molecule has 1 amide bonds. The number of hydrogen-bond acceptors (Lipinski definition) is 3. The van der Waals surface area contributed by atoms with Crippen LogP contribution in [-0.4, -0.2) is 22.4 Å². The van der Waals surface area contributed by atoms with E-state index in [-0.39, 0.29) is 22.2 Å². The van der Waals surface area contributed by atoms with Crippen molar-refractivity contribution in [2.75, 3.05) is 18.0 Å². The van der Waals surface area contributed by atoms with Crippen molar-refractivity contribution in [2.24, 2.45) is 5.92 Å². The van der Waals surface area contributed by atoms with Gasteiger partial charge in [-0.1, -0.05) is 13.8 Å². The number of carbonyl (C=O) groups is 1. The molecule has 1 unspecified atom stereocenters. The van der Waals surface area contributed by atoms with Crippen LogP contribution >= 0.6 is 0 Å². The van der Waals surface area contributed by atoms with Gasteiger partial charge in [0.1, 0.15) is 11.6 Å². The second-order valence-corrected chi connectivity index (χ2v) is 5.82. The molecule has 18 heavy (non-hydrogen) atoms. The molecule has 4 nitrogen and oxygen atoms in total. The number of anilines is 1. The van der Waals surface area contributed by atoms with Crippen LogP contribution in [0.1, 0.15) is 13.8 Å². The van der Waals surface area contributed by atoms with E-state index in [0.29, 0.717) is 12.5 Å². The van der Waals surface area contributed by atoms with E-state index < -0.39 is 16.6 Å². The summed E-state index contributed by atoms with van der Waals surface area (Å²) in [5.41, 5.74) is 5.32. The minimum Gasteiger partial charge on any atom is -0.396 e. The number of nitrogen functional groups attached to an aromatic ring is 1. The van der Waals surface area contributed by atoms with Gasteiger partial charge in [0, 0.05) is 11.4 Å². The number of amides is 1. The molecule has 1 rings (SSSR count). The molecule has 0 saturated heterocycles. The Morgan fingerprint density at radius 2 is 2.17 bits per heavy atom. The van der Waals surface area contributed by atoms with Gasteiger partial charge in [-0.25, -0.2) is 4.39 Å². The Balaban J connectivity index is 2.59. The van der Waals surface area contributed by atoms with Crippen molar-refractivity contribution in [2.45, 2.75) is 18.7 Å². The average Bonchev–Trinajstić information content (AvgIpc) is 2.30. The summed E-state index contributed by atoms with van der Waals surface area (Å²) in [7, 11) is -1.55. The van der Waals surface area contributed by atoms with E-state index in [1.54, 1.807) is 0 Å². The minimum atomic E-state index is -1.55. The molecule has 100 valence electrons. The van der Waals surface area contributed by atoms with Crippen LogP contribution in [0.5, 0.6) is 0 Å². The van der Waals surface area contributed by atoms with E-state index in [4.69, 9.17) is 5.73 Å². The summed E-state index contributed by atoms with van der Waals surface area (Å²) in [5.74, 6) is -0.769. The zero-order valence-electron chi connectivity index (χ0n) is 10.4. The first kappa shape index (κ1) is 14.6. The lowest BCUT2D eigenvalue weighted by Crippen LogP contribution is -2.31. The maximum atomic E-state index is 13.2. The summed E-state index contributed by atoms with van der Waals surface area (Å²) in [6.45, 7) is 4.46. The Hall–Kier alpha value is -1.43. The molecule has 3 N–H and O–H groups in total. The van der Waals surface area contributed by atoms with Crippen LogP contribution in [0.15, 0.2) is 23.1 Å². The van der Waals surface area contributed by atoms with Crippen molar-refractivity contribution >= 4 is 22.4 Å². The van der Waals surface area contributed by atoms with Gasteiger partial charge in [-0.3, -0.25) is 9.00 Å². The van der Waals surface area contributed by atoms with Crippen LogP contribution in [0.25, 0.3) is 0 Å². The molecule has 0 aliphatic heterocycles. The normalized spacial score (nSPS) is 12.4. The van der Waals surface area contributed by atoms with Crippen molar-refractivity contribution in [1.82, 2.24) is 5.32 Å². The zero-order valence-corrected chi connectivity index (χ0v) is 11.2. The maximum Gasteiger partial charge on any atom is 0.233 e. The highest BCUT2D eigenvalue weighted by molar-refractivity contribution is 7.85. The summed E-state index contributed by atoms with van der Waals surface area (Å²) in [4.78, 5) is 11.7. The van der Waals surface area contributed by atoms with Gasteiger partial charge in [-0.2, -0.15) is 0 Å². The monoisotopic (exact) mass is 272 g/mol. The fourth-order valence-electron chi connectivity index (χ4n) is 1.22. The van der Waals surface area contributed by atoms with Gasteiger partial charge >= 0.3 is 0 Å². The van der Waals surface area contributed by atoms with Gasteiger partial charge in [0.15, 0.2) is 0 Å². The Morgan fingerprint density at radius 3 is 2.72 bits per heavy atom. The molecule has 1 atom stereocenters. The van der Waals surface area contributed by atoms with Crippen LogP contribution in [-0.2, 0) is 15.6 Å². The molecule has 1 aromatic rings. The number of nitrogens with two attached hydrogens (primary N) is 1. The van der Waals surface area contributed by atoms with E-state index >= 15 is 0 Å². The van der Waals surface area contributed by atoms with E-state index in [1.165, 1.54) is 12.1 Å². The highest BCUT2D eigenvalue weighted by Crippen LogP contribution is 2.15. The van der Waals surface area contributed by atoms with Crippen molar-refractivity contribution in [3.8, 4) is 0 Å². The number of halogens is 1. The highest BCUT2D eigenvalue weighted by Gasteiger charge is 2.12. The lowest BCUT2D eigenvalue weighted by atomic mass is 10.2. The summed E-state index contributed by atoms with van der Waals surface area (Å²) in [6, 6.07) is 3.90. The van der Waals surface area contributed by atoms with Gasteiger partial charge in [-0.15, -0.1) is 0 Å². The smallest absolute Gasteiger partial charge is 0.233 e. The zero-order chi connectivity index (χ0) is 13.7. The van der Waals surface area contributed by atoms with Crippen LogP contribution in [0.2, 0.25) is 0 Å². The van der Waals surface area contributed by atoms with Crippen molar-refractivity contribution < 1.29 is 13.4 Å². The van der Waals surface area contributed by atoms with Crippen LogP contribution in [0.3, 0.4) is 0 Å². The molecule has 0 heterocycles.